The van der Waals surface area contributed by atoms with Crippen molar-refractivity contribution in [2.45, 2.75) is 90.8 Å². The fourth-order valence-electron chi connectivity index (χ4n) is 3.14. The second kappa shape index (κ2) is 9.66. The summed E-state index contributed by atoms with van der Waals surface area (Å²) in [6.07, 6.45) is 11.0. The highest BCUT2D eigenvalue weighted by Crippen LogP contribution is 2.36. The molecule has 0 spiro atoms. The maximum absolute atomic E-state index is 3.95. The Balaban J connectivity index is 2.47. The molecule has 0 nitrogen and oxygen atoms in total. The van der Waals surface area contributed by atoms with E-state index in [1.807, 2.05) is 0 Å². The van der Waals surface area contributed by atoms with Gasteiger partial charge in [-0.1, -0.05) is 73.9 Å². The Morgan fingerprint density at radius 3 is 1.81 bits per heavy atom. The van der Waals surface area contributed by atoms with Gasteiger partial charge in [-0.25, -0.2) is 0 Å². The van der Waals surface area contributed by atoms with Gasteiger partial charge in [0.25, 0.3) is 0 Å². The molecule has 0 saturated carbocycles. The molecular formula is C20H33Br. The summed E-state index contributed by atoms with van der Waals surface area (Å²) in [4.78, 5) is 0.520. The van der Waals surface area contributed by atoms with E-state index in [9.17, 15) is 0 Å². The molecule has 21 heavy (non-hydrogen) atoms. The van der Waals surface area contributed by atoms with Gasteiger partial charge in [-0.05, 0) is 61.9 Å². The van der Waals surface area contributed by atoms with Gasteiger partial charge in [0.1, 0.15) is 0 Å². The van der Waals surface area contributed by atoms with Crippen molar-refractivity contribution in [3.63, 3.8) is 0 Å². The molecule has 1 aromatic carbocycles. The molecule has 0 aliphatic rings. The van der Waals surface area contributed by atoms with Crippen molar-refractivity contribution in [2.75, 3.05) is 0 Å². The van der Waals surface area contributed by atoms with Crippen LogP contribution in [-0.4, -0.2) is 0 Å². The Morgan fingerprint density at radius 1 is 0.810 bits per heavy atom. The molecule has 1 atom stereocenters. The van der Waals surface area contributed by atoms with Crippen LogP contribution in [0.1, 0.15) is 90.9 Å². The summed E-state index contributed by atoms with van der Waals surface area (Å²) in [7, 11) is 0. The highest BCUT2D eigenvalue weighted by atomic mass is 79.9. The first-order chi connectivity index (χ1) is 9.99. The monoisotopic (exact) mass is 352 g/mol. The van der Waals surface area contributed by atoms with Gasteiger partial charge in [-0.2, -0.15) is 0 Å². The molecular weight excluding hydrogens is 320 g/mol. The van der Waals surface area contributed by atoms with Crippen molar-refractivity contribution in [1.82, 2.24) is 0 Å². The summed E-state index contributed by atoms with van der Waals surface area (Å²) in [6.45, 7) is 11.3. The number of hydrogen-bond donors (Lipinski definition) is 0. The third kappa shape index (κ3) is 5.77. The van der Waals surface area contributed by atoms with Crippen LogP contribution in [0.25, 0.3) is 0 Å². The number of halogens is 1. The third-order valence-corrected chi connectivity index (χ3v) is 5.71. The molecule has 1 aromatic rings. The number of aryl methyl sites for hydroxylation is 2. The molecule has 1 rings (SSSR count). The molecule has 120 valence electrons. The minimum absolute atomic E-state index is 0.520. The lowest BCUT2D eigenvalue weighted by Gasteiger charge is -2.20. The van der Waals surface area contributed by atoms with Crippen LogP contribution in [0.2, 0.25) is 0 Å². The summed E-state index contributed by atoms with van der Waals surface area (Å²) in [5.74, 6) is 0. The van der Waals surface area contributed by atoms with Crippen molar-refractivity contribution >= 4 is 15.9 Å². The van der Waals surface area contributed by atoms with Crippen LogP contribution in [0.3, 0.4) is 0 Å². The van der Waals surface area contributed by atoms with Crippen LogP contribution in [0.5, 0.6) is 0 Å². The zero-order valence-corrected chi connectivity index (χ0v) is 16.3. The van der Waals surface area contributed by atoms with E-state index in [4.69, 9.17) is 0 Å². The molecule has 0 aromatic heterocycles. The molecule has 0 aliphatic carbocycles. The Hall–Kier alpha value is -0.300. The quantitative estimate of drug-likeness (QED) is 0.318. The van der Waals surface area contributed by atoms with Gasteiger partial charge in [-0.3, -0.25) is 0 Å². The Bertz CT molecular complexity index is 408. The predicted octanol–water partition coefficient (Wildman–Crippen LogP) is 7.50. The van der Waals surface area contributed by atoms with Crippen molar-refractivity contribution in [3.8, 4) is 0 Å². The highest BCUT2D eigenvalue weighted by molar-refractivity contribution is 9.09. The molecule has 0 N–H and O–H groups in total. The van der Waals surface area contributed by atoms with Crippen molar-refractivity contribution < 1.29 is 0 Å². The average Bonchev–Trinajstić information content (AvgIpc) is 2.44. The van der Waals surface area contributed by atoms with E-state index in [1.165, 1.54) is 73.6 Å². The average molecular weight is 353 g/mol. The van der Waals surface area contributed by atoms with E-state index in [2.05, 4.69) is 56.6 Å². The van der Waals surface area contributed by atoms with Crippen LogP contribution >= 0.6 is 15.9 Å². The molecule has 0 bridgehead atoms. The molecule has 0 fully saturated rings. The minimum atomic E-state index is 0.520. The van der Waals surface area contributed by atoms with E-state index in [0.717, 1.165) is 0 Å². The fourth-order valence-corrected chi connectivity index (χ4v) is 4.15. The lowest BCUT2D eigenvalue weighted by atomic mass is 9.90. The first kappa shape index (κ1) is 18.7. The van der Waals surface area contributed by atoms with E-state index < -0.39 is 0 Å². The first-order valence-electron chi connectivity index (χ1n) is 8.70. The second-order valence-corrected chi connectivity index (χ2v) is 7.66. The molecule has 0 aliphatic heterocycles. The number of rotatable bonds is 9. The largest absolute Gasteiger partial charge is 0.0839 e. The normalized spacial score (nSPS) is 12.7. The van der Waals surface area contributed by atoms with Crippen LogP contribution < -0.4 is 0 Å². The van der Waals surface area contributed by atoms with Crippen molar-refractivity contribution in [3.05, 3.63) is 33.9 Å². The molecule has 1 heteroatoms. The number of hydrogen-bond acceptors (Lipinski definition) is 0. The Labute approximate surface area is 140 Å². The summed E-state index contributed by atoms with van der Waals surface area (Å²) in [5.41, 5.74) is 7.35. The van der Waals surface area contributed by atoms with Crippen LogP contribution in [0, 0.1) is 27.7 Å². The Morgan fingerprint density at radius 2 is 1.29 bits per heavy atom. The molecule has 0 heterocycles. The summed E-state index contributed by atoms with van der Waals surface area (Å²) >= 11 is 3.95. The lowest BCUT2D eigenvalue weighted by molar-refractivity contribution is 0.574. The fraction of sp³-hybridized carbons (Fsp3) is 0.700. The van der Waals surface area contributed by atoms with Crippen molar-refractivity contribution in [2.24, 2.45) is 0 Å². The standard InChI is InChI=1S/C20H33Br/c1-6-7-8-9-10-11-12-13-19(21)20-17(4)15(2)14-16(3)18(20)5/h14,19H,6-13H2,1-5H3. The maximum Gasteiger partial charge on any atom is 0.0400 e. The number of unbranched alkanes of at least 4 members (excludes halogenated alkanes) is 6. The summed E-state index contributed by atoms with van der Waals surface area (Å²) in [6, 6.07) is 2.32. The second-order valence-electron chi connectivity index (χ2n) is 6.55. The SMILES string of the molecule is CCCCCCCCCC(Br)c1c(C)c(C)cc(C)c1C. The van der Waals surface area contributed by atoms with Gasteiger partial charge < -0.3 is 0 Å². The third-order valence-electron chi connectivity index (χ3n) is 4.80. The van der Waals surface area contributed by atoms with Crippen molar-refractivity contribution in [1.29, 1.82) is 0 Å². The van der Waals surface area contributed by atoms with Gasteiger partial charge in [0, 0.05) is 4.83 Å². The van der Waals surface area contributed by atoms with Crippen LogP contribution in [-0.2, 0) is 0 Å². The maximum atomic E-state index is 3.95. The van der Waals surface area contributed by atoms with Crippen LogP contribution in [0.15, 0.2) is 6.07 Å². The zero-order valence-electron chi connectivity index (χ0n) is 14.7. The van der Waals surface area contributed by atoms with Gasteiger partial charge in [-0.15, -0.1) is 0 Å². The smallest absolute Gasteiger partial charge is 0.0400 e. The number of alkyl halides is 1. The highest BCUT2D eigenvalue weighted by Gasteiger charge is 2.15. The zero-order chi connectivity index (χ0) is 15.8. The van der Waals surface area contributed by atoms with Gasteiger partial charge in [0.05, 0.1) is 0 Å². The lowest BCUT2D eigenvalue weighted by Crippen LogP contribution is -2.02. The molecule has 0 radical (unpaired) electrons. The first-order valence-corrected chi connectivity index (χ1v) is 9.62. The molecule has 1 unspecified atom stereocenters. The van der Waals surface area contributed by atoms with E-state index >= 15 is 0 Å². The van der Waals surface area contributed by atoms with Crippen LogP contribution in [0.4, 0.5) is 0 Å². The van der Waals surface area contributed by atoms with Gasteiger partial charge in [0.15, 0.2) is 0 Å². The summed E-state index contributed by atoms with van der Waals surface area (Å²) in [5, 5.41) is 0. The van der Waals surface area contributed by atoms with E-state index in [-0.39, 0.29) is 0 Å². The summed E-state index contributed by atoms with van der Waals surface area (Å²) < 4.78 is 0. The predicted molar refractivity (Wildman–Crippen MR) is 99.7 cm³/mol. The van der Waals surface area contributed by atoms with Gasteiger partial charge in [0.2, 0.25) is 0 Å². The minimum Gasteiger partial charge on any atom is -0.0839 e. The van der Waals surface area contributed by atoms with E-state index in [1.54, 1.807) is 5.56 Å². The number of benzene rings is 1. The Kier molecular flexibility index (Phi) is 8.63. The molecule has 0 amide bonds. The van der Waals surface area contributed by atoms with E-state index in [0.29, 0.717) is 4.83 Å². The molecule has 0 saturated heterocycles. The van der Waals surface area contributed by atoms with Gasteiger partial charge >= 0.3 is 0 Å². The topological polar surface area (TPSA) is 0 Å².